The van der Waals surface area contributed by atoms with Gasteiger partial charge in [-0.1, -0.05) is 0 Å². The second-order valence-electron chi connectivity index (χ2n) is 15.4. The van der Waals surface area contributed by atoms with Gasteiger partial charge in [-0.25, -0.2) is 0 Å². The van der Waals surface area contributed by atoms with E-state index in [1.165, 1.54) is 43.0 Å². The molecule has 11 rings (SSSR count). The van der Waals surface area contributed by atoms with Crippen molar-refractivity contribution in [1.82, 2.24) is 19.9 Å². The molecule has 0 saturated carbocycles. The number of benzene rings is 4. The molecule has 0 spiro atoms. The van der Waals surface area contributed by atoms with E-state index < -0.39 is 16.1 Å². The Hall–Kier alpha value is -6.35. The number of hydrogen-bond donors (Lipinski definition) is 2. The number of aromatic nitrogens is 4. The van der Waals surface area contributed by atoms with Gasteiger partial charge in [0.15, 0.2) is 0 Å². The third-order valence-corrected chi connectivity index (χ3v) is 20.4. The molecular formula is C48H34B4N4Si2. The molecule has 4 aliphatic heterocycles. The van der Waals surface area contributed by atoms with Crippen molar-refractivity contribution in [1.29, 1.82) is 0 Å². The van der Waals surface area contributed by atoms with E-state index in [1.807, 2.05) is 0 Å². The predicted molar refractivity (Wildman–Crippen MR) is 263 cm³/mol. The van der Waals surface area contributed by atoms with Crippen LogP contribution in [-0.4, -0.2) is 88.4 Å². The molecule has 10 heteroatoms. The topological polar surface area (TPSA) is 57.4 Å². The molecule has 4 aromatic carbocycles. The maximum absolute atomic E-state index is 5.25. The average molecular weight is 766 g/mol. The van der Waals surface area contributed by atoms with Crippen LogP contribution in [0.25, 0.3) is 90.9 Å². The Morgan fingerprint density at radius 3 is 1.26 bits per heavy atom. The molecule has 4 aliphatic rings. The van der Waals surface area contributed by atoms with E-state index in [0.717, 1.165) is 67.1 Å². The molecule has 0 radical (unpaired) electrons. The Morgan fingerprint density at radius 2 is 0.828 bits per heavy atom. The maximum atomic E-state index is 5.25. The van der Waals surface area contributed by atoms with E-state index in [9.17, 15) is 0 Å². The third kappa shape index (κ3) is 4.98. The fourth-order valence-corrected chi connectivity index (χ4v) is 16.6. The SMILES string of the molecule is B=C[Si]1(C=B)c2ccccc2-c2ccc(-c3c4nc(cc5ccc([nH]5)c(-c5ccc6c(c5)[Si](C=B)(C=B)c5ccccc5-6)c5nc(cc6ccc3[nH]6)C=C5)C=C4)cc21. The fourth-order valence-electron chi connectivity index (χ4n) is 9.73. The van der Waals surface area contributed by atoms with E-state index in [4.69, 9.17) is 9.97 Å². The van der Waals surface area contributed by atoms with Gasteiger partial charge in [0.2, 0.25) is 0 Å². The molecule has 7 aromatic rings. The molecule has 2 N–H and O–H groups in total. The normalized spacial score (nSPS) is 17.9. The van der Waals surface area contributed by atoms with E-state index in [0.29, 0.717) is 0 Å². The molecule has 0 atom stereocenters. The van der Waals surface area contributed by atoms with Crippen molar-refractivity contribution >= 4 is 136 Å². The summed E-state index contributed by atoms with van der Waals surface area (Å²) in [6.45, 7) is 0. The van der Waals surface area contributed by atoms with Crippen molar-refractivity contribution in [3.05, 3.63) is 144 Å². The fraction of sp³-hybridized carbons (Fsp3) is 0. The molecule has 58 heavy (non-hydrogen) atoms. The third-order valence-electron chi connectivity index (χ3n) is 12.5. The van der Waals surface area contributed by atoms with Crippen molar-refractivity contribution in [3.63, 3.8) is 0 Å². The number of nitrogens with zero attached hydrogens (tertiary/aromatic N) is 2. The van der Waals surface area contributed by atoms with Crippen LogP contribution in [0.4, 0.5) is 0 Å². The van der Waals surface area contributed by atoms with Crippen molar-refractivity contribution in [2.75, 3.05) is 0 Å². The number of H-pyrrole nitrogens is 2. The molecule has 0 unspecified atom stereocenters. The van der Waals surface area contributed by atoms with Gasteiger partial charge in [0.1, 0.15) is 0 Å². The van der Waals surface area contributed by atoms with Crippen LogP contribution in [0.2, 0.25) is 0 Å². The van der Waals surface area contributed by atoms with Crippen molar-refractivity contribution < 1.29 is 0 Å². The average Bonchev–Trinajstić information content (AvgIpc) is 4.13. The van der Waals surface area contributed by atoms with Gasteiger partial charge in [-0.3, -0.25) is 0 Å². The quantitative estimate of drug-likeness (QED) is 0.252. The Balaban J connectivity index is 1.13. The first-order valence-electron chi connectivity index (χ1n) is 19.6. The molecule has 4 nitrogen and oxygen atoms in total. The van der Waals surface area contributed by atoms with Crippen LogP contribution in [0.5, 0.6) is 0 Å². The van der Waals surface area contributed by atoms with Gasteiger partial charge < -0.3 is 0 Å². The summed E-state index contributed by atoms with van der Waals surface area (Å²) in [7, 11) is 12.7. The zero-order valence-corrected chi connectivity index (χ0v) is 33.9. The zero-order chi connectivity index (χ0) is 39.2. The van der Waals surface area contributed by atoms with E-state index in [2.05, 4.69) is 208 Å². The summed E-state index contributed by atoms with van der Waals surface area (Å²) in [6.07, 6.45) is 8.45. The summed E-state index contributed by atoms with van der Waals surface area (Å²) < 4.78 is 0. The van der Waals surface area contributed by atoms with Gasteiger partial charge in [-0.2, -0.15) is 0 Å². The minimum absolute atomic E-state index is 0.874. The number of hydrogen-bond acceptors (Lipinski definition) is 2. The van der Waals surface area contributed by atoms with Crippen LogP contribution < -0.4 is 20.7 Å². The van der Waals surface area contributed by atoms with Crippen LogP contribution in [-0.2, 0) is 0 Å². The van der Waals surface area contributed by atoms with Gasteiger partial charge in [0.25, 0.3) is 0 Å². The Kier molecular flexibility index (Phi) is 7.87. The Labute approximate surface area is 342 Å². The first-order valence-corrected chi connectivity index (χ1v) is 23.9. The predicted octanol–water partition coefficient (Wildman–Crippen LogP) is 4.05. The van der Waals surface area contributed by atoms with Crippen LogP contribution in [0.1, 0.15) is 22.8 Å². The standard InChI is InChI=1S/C48H34B4N4Si2/c49-25-57(26-50)43-7-3-1-5-35(43)37-15-9-29(21-45(37)57)47-39-17-11-31(53-39)23-33-13-19-41(55-33)48(42-20-14-34(56-42)24-32-12-18-40(47)54-32)30-10-16-38-36-6-2-4-8-44(36)58(27-51,28-52)46(38)22-30/h1-28,49-53,56H. The molecule has 0 saturated heterocycles. The molecule has 266 valence electrons. The number of nitrogens with one attached hydrogen (secondary N) is 2. The number of rotatable bonds is 6. The summed E-state index contributed by atoms with van der Waals surface area (Å²) in [4.78, 5) is 18.0. The minimum atomic E-state index is -2.39. The van der Waals surface area contributed by atoms with E-state index >= 15 is 0 Å². The zero-order valence-electron chi connectivity index (χ0n) is 31.9. The second-order valence-corrected chi connectivity index (χ2v) is 22.6. The molecule has 0 amide bonds. The molecule has 3 aromatic heterocycles. The van der Waals surface area contributed by atoms with Gasteiger partial charge in [-0.05, 0) is 0 Å². The molecule has 0 aliphatic carbocycles. The Morgan fingerprint density at radius 1 is 0.414 bits per heavy atom. The molecule has 0 fully saturated rings. The van der Waals surface area contributed by atoms with E-state index in [1.54, 1.807) is 0 Å². The van der Waals surface area contributed by atoms with Crippen LogP contribution >= 0.6 is 0 Å². The van der Waals surface area contributed by atoms with Gasteiger partial charge >= 0.3 is 344 Å². The second kappa shape index (κ2) is 13.1. The summed E-state index contributed by atoms with van der Waals surface area (Å²) in [5.41, 5.74) is 25.4. The first kappa shape index (κ1) is 34.9. The first-order chi connectivity index (χ1) is 28.5. The summed E-state index contributed by atoms with van der Waals surface area (Å²) >= 11 is 0. The van der Waals surface area contributed by atoms with Gasteiger partial charge in [-0.15, -0.1) is 0 Å². The van der Waals surface area contributed by atoms with Crippen molar-refractivity contribution in [2.45, 2.75) is 0 Å². The van der Waals surface area contributed by atoms with Gasteiger partial charge in [0.05, 0.1) is 0 Å². The van der Waals surface area contributed by atoms with Crippen molar-refractivity contribution in [2.24, 2.45) is 0 Å². The summed E-state index contributed by atoms with van der Waals surface area (Å²) in [6, 6.07) is 43.9. The Bertz CT molecular complexity index is 3020. The summed E-state index contributed by atoms with van der Waals surface area (Å²) in [5, 5.41) is 5.30. The summed E-state index contributed by atoms with van der Waals surface area (Å²) in [5.74, 6) is 0. The number of aromatic amines is 2. The monoisotopic (exact) mass is 766 g/mol. The number of fused-ring (bicyclic) bond motifs is 14. The van der Waals surface area contributed by atoms with Crippen molar-refractivity contribution in [3.8, 4) is 44.5 Å². The molecule has 8 bridgehead atoms. The van der Waals surface area contributed by atoms with Gasteiger partial charge in [0, 0.05) is 0 Å². The molecule has 7 heterocycles. The molecular weight excluding hydrogens is 732 g/mol. The van der Waals surface area contributed by atoms with E-state index in [-0.39, 0.29) is 0 Å². The van der Waals surface area contributed by atoms with Crippen LogP contribution in [0.3, 0.4) is 0 Å². The van der Waals surface area contributed by atoms with Crippen LogP contribution in [0.15, 0.2) is 121 Å². The van der Waals surface area contributed by atoms with Crippen LogP contribution in [0, 0.1) is 0 Å².